The maximum absolute atomic E-state index is 11.3. The summed E-state index contributed by atoms with van der Waals surface area (Å²) in [6.45, 7) is 2.39. The maximum atomic E-state index is 11.3. The van der Waals surface area contributed by atoms with Crippen molar-refractivity contribution in [2.24, 2.45) is 11.1 Å². The van der Waals surface area contributed by atoms with Crippen LogP contribution in [0.25, 0.3) is 0 Å². The van der Waals surface area contributed by atoms with Gasteiger partial charge in [0, 0.05) is 13.7 Å². The van der Waals surface area contributed by atoms with Gasteiger partial charge in [-0.15, -0.1) is 0 Å². The van der Waals surface area contributed by atoms with Crippen LogP contribution in [0.1, 0.15) is 12.8 Å². The molecule has 88 valence electrons. The van der Waals surface area contributed by atoms with Gasteiger partial charge in [-0.05, 0) is 24.8 Å². The van der Waals surface area contributed by atoms with E-state index in [2.05, 4.69) is 5.32 Å². The van der Waals surface area contributed by atoms with Crippen LogP contribution in [-0.2, 0) is 14.3 Å². The lowest BCUT2D eigenvalue weighted by molar-refractivity contribution is -0.126. The van der Waals surface area contributed by atoms with Crippen molar-refractivity contribution in [2.75, 3.05) is 40.0 Å². The number of nitrogens with two attached hydrogens (primary N) is 1. The predicted molar refractivity (Wildman–Crippen MR) is 56.4 cm³/mol. The van der Waals surface area contributed by atoms with Crippen LogP contribution in [0.4, 0.5) is 0 Å². The van der Waals surface area contributed by atoms with E-state index in [4.69, 9.17) is 15.2 Å². The third kappa shape index (κ3) is 4.59. The number of rotatable bonds is 8. The Bertz CT molecular complexity index is 205. The van der Waals surface area contributed by atoms with E-state index in [0.29, 0.717) is 26.3 Å². The Balaban J connectivity index is 1.99. The molecule has 0 radical (unpaired) electrons. The predicted octanol–water partition coefficient (Wildman–Crippen LogP) is -0.495. The van der Waals surface area contributed by atoms with Crippen molar-refractivity contribution in [3.05, 3.63) is 0 Å². The molecule has 0 bridgehead atoms. The first-order chi connectivity index (χ1) is 7.22. The van der Waals surface area contributed by atoms with Crippen LogP contribution >= 0.6 is 0 Å². The van der Waals surface area contributed by atoms with Gasteiger partial charge >= 0.3 is 0 Å². The van der Waals surface area contributed by atoms with Crippen LogP contribution in [0.15, 0.2) is 0 Å². The minimum Gasteiger partial charge on any atom is -0.382 e. The second-order valence-electron chi connectivity index (χ2n) is 4.03. The van der Waals surface area contributed by atoms with Crippen LogP contribution in [0.3, 0.4) is 0 Å². The van der Waals surface area contributed by atoms with Gasteiger partial charge in [0.1, 0.15) is 6.61 Å². The molecule has 5 nitrogen and oxygen atoms in total. The Morgan fingerprint density at radius 2 is 2.20 bits per heavy atom. The van der Waals surface area contributed by atoms with E-state index in [-0.39, 0.29) is 17.9 Å². The van der Waals surface area contributed by atoms with E-state index >= 15 is 0 Å². The third-order valence-electron chi connectivity index (χ3n) is 2.72. The molecule has 0 aromatic heterocycles. The van der Waals surface area contributed by atoms with Crippen molar-refractivity contribution in [2.45, 2.75) is 12.8 Å². The second kappa shape index (κ2) is 6.05. The number of hydrogen-bond acceptors (Lipinski definition) is 4. The van der Waals surface area contributed by atoms with Crippen LogP contribution in [0.5, 0.6) is 0 Å². The molecule has 0 unspecified atom stereocenters. The van der Waals surface area contributed by atoms with Crippen LogP contribution in [-0.4, -0.2) is 45.9 Å². The normalized spacial score (nSPS) is 17.5. The van der Waals surface area contributed by atoms with Crippen LogP contribution < -0.4 is 11.1 Å². The molecule has 0 atom stereocenters. The van der Waals surface area contributed by atoms with Gasteiger partial charge in [-0.1, -0.05) is 0 Å². The summed E-state index contributed by atoms with van der Waals surface area (Å²) in [5.74, 6) is -0.0779. The second-order valence-corrected chi connectivity index (χ2v) is 4.03. The molecule has 0 heterocycles. The van der Waals surface area contributed by atoms with Gasteiger partial charge in [0.2, 0.25) is 5.91 Å². The molecule has 1 saturated carbocycles. The highest BCUT2D eigenvalue weighted by molar-refractivity contribution is 5.77. The Morgan fingerprint density at radius 3 is 2.73 bits per heavy atom. The minimum absolute atomic E-state index is 0.0779. The molecule has 1 fully saturated rings. The minimum atomic E-state index is -0.0779. The van der Waals surface area contributed by atoms with Crippen molar-refractivity contribution in [3.8, 4) is 0 Å². The number of nitrogens with one attached hydrogen (secondary N) is 1. The summed E-state index contributed by atoms with van der Waals surface area (Å²) in [7, 11) is 1.60. The van der Waals surface area contributed by atoms with E-state index < -0.39 is 0 Å². The summed E-state index contributed by atoms with van der Waals surface area (Å²) in [6.07, 6.45) is 2.24. The fourth-order valence-electron chi connectivity index (χ4n) is 1.27. The van der Waals surface area contributed by atoms with E-state index in [0.717, 1.165) is 12.8 Å². The van der Waals surface area contributed by atoms with Crippen molar-refractivity contribution >= 4 is 5.91 Å². The summed E-state index contributed by atoms with van der Waals surface area (Å²) in [5.41, 5.74) is 5.78. The summed E-state index contributed by atoms with van der Waals surface area (Å²) >= 11 is 0. The largest absolute Gasteiger partial charge is 0.382 e. The molecule has 0 aromatic carbocycles. The highest BCUT2D eigenvalue weighted by atomic mass is 16.5. The molecule has 0 aromatic rings. The van der Waals surface area contributed by atoms with Gasteiger partial charge in [-0.2, -0.15) is 0 Å². The molecule has 1 rings (SSSR count). The molecule has 1 aliphatic rings. The van der Waals surface area contributed by atoms with Crippen LogP contribution in [0, 0.1) is 5.41 Å². The fourth-order valence-corrected chi connectivity index (χ4v) is 1.27. The average molecular weight is 216 g/mol. The average Bonchev–Trinajstić information content (AvgIpc) is 3.02. The van der Waals surface area contributed by atoms with E-state index in [1.807, 2.05) is 0 Å². The molecule has 1 amide bonds. The van der Waals surface area contributed by atoms with Crippen molar-refractivity contribution < 1.29 is 14.3 Å². The Labute approximate surface area is 90.3 Å². The highest BCUT2D eigenvalue weighted by Crippen LogP contribution is 2.43. The molecule has 0 spiro atoms. The van der Waals surface area contributed by atoms with Gasteiger partial charge in [-0.25, -0.2) is 0 Å². The Kier molecular flexibility index (Phi) is 5.01. The smallest absolute Gasteiger partial charge is 0.246 e. The van der Waals surface area contributed by atoms with E-state index in [1.165, 1.54) is 0 Å². The molecular formula is C10H20N2O3. The fraction of sp³-hybridized carbons (Fsp3) is 0.900. The van der Waals surface area contributed by atoms with Gasteiger partial charge in [0.15, 0.2) is 0 Å². The first kappa shape index (κ1) is 12.4. The zero-order valence-corrected chi connectivity index (χ0v) is 9.25. The third-order valence-corrected chi connectivity index (χ3v) is 2.72. The molecule has 1 aliphatic carbocycles. The quantitative estimate of drug-likeness (QED) is 0.537. The Hall–Kier alpha value is -0.650. The van der Waals surface area contributed by atoms with Gasteiger partial charge in [0.05, 0.1) is 13.2 Å². The Morgan fingerprint density at radius 1 is 1.47 bits per heavy atom. The zero-order chi connectivity index (χ0) is 11.1. The summed E-state index contributed by atoms with van der Waals surface area (Å²) < 4.78 is 9.88. The topological polar surface area (TPSA) is 73.6 Å². The monoisotopic (exact) mass is 216 g/mol. The lowest BCUT2D eigenvalue weighted by Gasteiger charge is -2.13. The lowest BCUT2D eigenvalue weighted by atomic mass is 10.1. The molecule has 0 aliphatic heterocycles. The number of carbonyl (C=O) groups excluding carboxylic acids is 1. The van der Waals surface area contributed by atoms with Crippen molar-refractivity contribution in [1.82, 2.24) is 5.32 Å². The number of ether oxygens (including phenoxy) is 2. The molecule has 3 N–H and O–H groups in total. The molecular weight excluding hydrogens is 196 g/mol. The van der Waals surface area contributed by atoms with Crippen LogP contribution in [0.2, 0.25) is 0 Å². The molecule has 0 saturated heterocycles. The number of amides is 1. The summed E-state index contributed by atoms with van der Waals surface area (Å²) in [5, 5.41) is 2.83. The standard InChI is InChI=1S/C10H20N2O3/c1-14-4-5-15-6-9(13)12-8-10(7-11)2-3-10/h2-8,11H2,1H3,(H,12,13). The lowest BCUT2D eigenvalue weighted by Crippen LogP contribution is -2.36. The SMILES string of the molecule is COCCOCC(=O)NCC1(CN)CC1. The number of carbonyl (C=O) groups is 1. The van der Waals surface area contributed by atoms with E-state index in [1.54, 1.807) is 7.11 Å². The van der Waals surface area contributed by atoms with E-state index in [9.17, 15) is 4.79 Å². The summed E-state index contributed by atoms with van der Waals surface area (Å²) in [4.78, 5) is 11.3. The summed E-state index contributed by atoms with van der Waals surface area (Å²) in [6, 6.07) is 0. The molecule has 5 heteroatoms. The van der Waals surface area contributed by atoms with Crippen molar-refractivity contribution in [1.29, 1.82) is 0 Å². The van der Waals surface area contributed by atoms with Gasteiger partial charge in [-0.3, -0.25) is 4.79 Å². The highest BCUT2D eigenvalue weighted by Gasteiger charge is 2.41. The zero-order valence-electron chi connectivity index (χ0n) is 9.25. The van der Waals surface area contributed by atoms with Gasteiger partial charge in [0.25, 0.3) is 0 Å². The number of methoxy groups -OCH3 is 1. The van der Waals surface area contributed by atoms with Crippen molar-refractivity contribution in [3.63, 3.8) is 0 Å². The first-order valence-electron chi connectivity index (χ1n) is 5.26. The first-order valence-corrected chi connectivity index (χ1v) is 5.26. The number of hydrogen-bond donors (Lipinski definition) is 2. The maximum Gasteiger partial charge on any atom is 0.246 e. The van der Waals surface area contributed by atoms with Gasteiger partial charge < -0.3 is 20.5 Å². The molecule has 15 heavy (non-hydrogen) atoms.